The van der Waals surface area contributed by atoms with Crippen LogP contribution in [0.5, 0.6) is 0 Å². The van der Waals surface area contributed by atoms with Crippen molar-refractivity contribution in [1.82, 2.24) is 4.90 Å². The average molecular weight is 283 g/mol. The lowest BCUT2D eigenvalue weighted by atomic mass is 9.80. The van der Waals surface area contributed by atoms with E-state index in [2.05, 4.69) is 13.8 Å². The highest BCUT2D eigenvalue weighted by atomic mass is 16.4. The molecule has 4 atom stereocenters. The fourth-order valence-corrected chi connectivity index (χ4v) is 3.44. The molecule has 1 N–H and O–H groups in total. The molecule has 20 heavy (non-hydrogen) atoms. The van der Waals surface area contributed by atoms with Gasteiger partial charge in [0.25, 0.3) is 0 Å². The molecule has 4 unspecified atom stereocenters. The van der Waals surface area contributed by atoms with Crippen molar-refractivity contribution in [1.29, 1.82) is 0 Å². The summed E-state index contributed by atoms with van der Waals surface area (Å²) in [6, 6.07) is -0.0802. The maximum absolute atomic E-state index is 12.3. The van der Waals surface area contributed by atoms with Crippen LogP contribution >= 0.6 is 0 Å². The van der Waals surface area contributed by atoms with E-state index in [9.17, 15) is 14.7 Å². The van der Waals surface area contributed by atoms with Crippen LogP contribution in [0.3, 0.4) is 0 Å². The molecule has 0 bridgehead atoms. The predicted octanol–water partition coefficient (Wildman–Crippen LogP) is 3.16. The summed E-state index contributed by atoms with van der Waals surface area (Å²) in [6.45, 7) is 10.2. The molecule has 0 radical (unpaired) electrons. The number of nitrogens with zero attached hydrogens (tertiary/aromatic N) is 1. The van der Waals surface area contributed by atoms with Gasteiger partial charge in [0.2, 0.25) is 5.91 Å². The minimum atomic E-state index is -0.781. The number of carboxylic acids is 1. The Balaban J connectivity index is 2.71. The molecular weight excluding hydrogens is 254 g/mol. The van der Waals surface area contributed by atoms with E-state index in [-0.39, 0.29) is 23.9 Å². The molecule has 0 spiro atoms. The van der Waals surface area contributed by atoms with Crippen LogP contribution in [0.25, 0.3) is 0 Å². The van der Waals surface area contributed by atoms with Crippen LogP contribution in [0.1, 0.15) is 60.3 Å². The molecule has 1 heterocycles. The van der Waals surface area contributed by atoms with E-state index >= 15 is 0 Å². The van der Waals surface area contributed by atoms with Gasteiger partial charge in [-0.1, -0.05) is 33.6 Å². The summed E-state index contributed by atoms with van der Waals surface area (Å²) in [6.07, 6.45) is 3.55. The molecule has 1 fully saturated rings. The minimum absolute atomic E-state index is 0.0749. The number of hydrogen-bond donors (Lipinski definition) is 1. The second kappa shape index (κ2) is 7.09. The van der Waals surface area contributed by atoms with Crippen molar-refractivity contribution in [3.8, 4) is 0 Å². The van der Waals surface area contributed by atoms with Crippen LogP contribution in [0.4, 0.5) is 0 Å². The number of piperidine rings is 1. The highest BCUT2D eigenvalue weighted by molar-refractivity contribution is 5.82. The van der Waals surface area contributed by atoms with Gasteiger partial charge in [0.05, 0.1) is 5.92 Å². The quantitative estimate of drug-likeness (QED) is 0.814. The second-order valence-electron chi connectivity index (χ2n) is 6.76. The molecule has 116 valence electrons. The normalized spacial score (nSPS) is 28.8. The van der Waals surface area contributed by atoms with Gasteiger partial charge in [-0.2, -0.15) is 0 Å². The lowest BCUT2D eigenvalue weighted by molar-refractivity contribution is -0.156. The number of carboxylic acid groups (broad SMARTS) is 1. The van der Waals surface area contributed by atoms with E-state index in [0.29, 0.717) is 12.3 Å². The fraction of sp³-hybridized carbons (Fsp3) is 0.875. The number of rotatable bonds is 6. The summed E-state index contributed by atoms with van der Waals surface area (Å²) in [5, 5.41) is 9.38. The van der Waals surface area contributed by atoms with Gasteiger partial charge >= 0.3 is 5.97 Å². The summed E-state index contributed by atoms with van der Waals surface area (Å²) in [5.41, 5.74) is 0. The lowest BCUT2D eigenvalue weighted by Crippen LogP contribution is -2.55. The molecule has 0 aliphatic carbocycles. The Labute approximate surface area is 122 Å². The van der Waals surface area contributed by atoms with Gasteiger partial charge in [-0.3, -0.25) is 9.59 Å². The maximum atomic E-state index is 12.3. The van der Waals surface area contributed by atoms with Crippen LogP contribution in [0.2, 0.25) is 0 Å². The van der Waals surface area contributed by atoms with E-state index < -0.39 is 11.9 Å². The number of hydrogen-bond acceptors (Lipinski definition) is 2. The highest BCUT2D eigenvalue weighted by Crippen LogP contribution is 2.32. The van der Waals surface area contributed by atoms with E-state index in [1.165, 1.54) is 0 Å². The van der Waals surface area contributed by atoms with Gasteiger partial charge in [0, 0.05) is 18.5 Å². The van der Waals surface area contributed by atoms with Gasteiger partial charge in [0.15, 0.2) is 0 Å². The number of carbonyl (C=O) groups is 2. The fourth-order valence-electron chi connectivity index (χ4n) is 3.44. The maximum Gasteiger partial charge on any atom is 0.308 e. The first kappa shape index (κ1) is 17.0. The molecule has 4 heteroatoms. The molecular formula is C16H29NO3. The third-order valence-corrected chi connectivity index (χ3v) is 4.52. The summed E-state index contributed by atoms with van der Waals surface area (Å²) >= 11 is 0. The third-order valence-electron chi connectivity index (χ3n) is 4.52. The topological polar surface area (TPSA) is 57.6 Å². The van der Waals surface area contributed by atoms with Crippen molar-refractivity contribution in [3.05, 3.63) is 0 Å². The summed E-state index contributed by atoms with van der Waals surface area (Å²) < 4.78 is 0. The van der Waals surface area contributed by atoms with Crippen LogP contribution < -0.4 is 0 Å². The zero-order valence-electron chi connectivity index (χ0n) is 13.4. The van der Waals surface area contributed by atoms with Crippen molar-refractivity contribution >= 4 is 11.9 Å². The molecule has 0 aromatic rings. The smallest absolute Gasteiger partial charge is 0.308 e. The third kappa shape index (κ3) is 3.97. The largest absolute Gasteiger partial charge is 0.481 e. The summed E-state index contributed by atoms with van der Waals surface area (Å²) in [7, 11) is 0. The van der Waals surface area contributed by atoms with Gasteiger partial charge in [-0.15, -0.1) is 0 Å². The second-order valence-corrected chi connectivity index (χ2v) is 6.76. The molecule has 1 amide bonds. The Kier molecular flexibility index (Phi) is 6.03. The van der Waals surface area contributed by atoms with Gasteiger partial charge < -0.3 is 10.0 Å². The van der Waals surface area contributed by atoms with Crippen LogP contribution in [0, 0.1) is 17.8 Å². The Morgan fingerprint density at radius 2 is 1.90 bits per heavy atom. The molecule has 4 nitrogen and oxygen atoms in total. The van der Waals surface area contributed by atoms with Crippen molar-refractivity contribution in [2.45, 2.75) is 72.4 Å². The van der Waals surface area contributed by atoms with Crippen molar-refractivity contribution in [2.24, 2.45) is 17.8 Å². The zero-order chi connectivity index (χ0) is 15.4. The van der Waals surface area contributed by atoms with Crippen molar-refractivity contribution in [2.75, 3.05) is 0 Å². The lowest BCUT2D eigenvalue weighted by Gasteiger charge is -2.44. The molecule has 1 rings (SSSR count). The Morgan fingerprint density at radius 1 is 1.30 bits per heavy atom. The molecule has 0 aromatic carbocycles. The molecule has 1 saturated heterocycles. The highest BCUT2D eigenvalue weighted by Gasteiger charge is 2.43. The Hall–Kier alpha value is -1.06. The number of likely N-dealkylation sites (tertiary alicyclic amines) is 1. The zero-order valence-corrected chi connectivity index (χ0v) is 13.4. The standard InChI is InChI=1S/C16H29NO3/c1-10(2)7-6-8-12(4)17-13(5)15(16(19)20)11(3)9-14(17)18/h10-13,15H,6-9H2,1-5H3,(H,19,20). The molecule has 0 aromatic heterocycles. The Bertz CT molecular complexity index is 354. The molecule has 1 aliphatic rings. The SMILES string of the molecule is CC(C)CCCC(C)N1C(=O)CC(C)C(C(=O)O)C1C. The minimum Gasteiger partial charge on any atom is -0.481 e. The first-order chi connectivity index (χ1) is 9.25. The van der Waals surface area contributed by atoms with Crippen molar-refractivity contribution in [3.63, 3.8) is 0 Å². The monoisotopic (exact) mass is 283 g/mol. The molecule has 1 aliphatic heterocycles. The van der Waals surface area contributed by atoms with Gasteiger partial charge in [0.1, 0.15) is 0 Å². The average Bonchev–Trinajstić information content (AvgIpc) is 2.26. The predicted molar refractivity (Wildman–Crippen MR) is 79.4 cm³/mol. The number of aliphatic carboxylic acids is 1. The van der Waals surface area contributed by atoms with Crippen LogP contribution in [0.15, 0.2) is 0 Å². The van der Waals surface area contributed by atoms with E-state index in [4.69, 9.17) is 0 Å². The van der Waals surface area contributed by atoms with Crippen molar-refractivity contribution < 1.29 is 14.7 Å². The van der Waals surface area contributed by atoms with Crippen LogP contribution in [-0.4, -0.2) is 34.0 Å². The first-order valence-electron chi connectivity index (χ1n) is 7.79. The summed E-state index contributed by atoms with van der Waals surface area (Å²) in [4.78, 5) is 25.5. The van der Waals surface area contributed by atoms with E-state index in [1.807, 2.05) is 25.7 Å². The Morgan fingerprint density at radius 3 is 2.40 bits per heavy atom. The van der Waals surface area contributed by atoms with Gasteiger partial charge in [-0.05, 0) is 32.1 Å². The first-order valence-corrected chi connectivity index (χ1v) is 7.79. The summed E-state index contributed by atoms with van der Waals surface area (Å²) in [5.74, 6) is -0.519. The number of amides is 1. The van der Waals surface area contributed by atoms with Gasteiger partial charge in [-0.25, -0.2) is 0 Å². The van der Waals surface area contributed by atoms with E-state index in [1.54, 1.807) is 0 Å². The van der Waals surface area contributed by atoms with Crippen LogP contribution in [-0.2, 0) is 9.59 Å². The molecule has 0 saturated carbocycles. The number of carbonyl (C=O) groups excluding carboxylic acids is 1. The van der Waals surface area contributed by atoms with E-state index in [0.717, 1.165) is 19.3 Å².